The molecule has 1 unspecified atom stereocenters. The Bertz CT molecular complexity index is 397. The smallest absolute Gasteiger partial charge is 0.0468 e. The van der Waals surface area contributed by atoms with E-state index in [2.05, 4.69) is 6.92 Å². The van der Waals surface area contributed by atoms with E-state index in [9.17, 15) is 0 Å². The summed E-state index contributed by atoms with van der Waals surface area (Å²) in [4.78, 5) is 0. The Morgan fingerprint density at radius 3 is 2.44 bits per heavy atom. The van der Waals surface area contributed by atoms with Crippen LogP contribution in [0.5, 0.6) is 0 Å². The first-order chi connectivity index (χ1) is 8.61. The third-order valence-corrected chi connectivity index (χ3v) is 4.86. The van der Waals surface area contributed by atoms with Crippen molar-refractivity contribution >= 4 is 23.2 Å². The summed E-state index contributed by atoms with van der Waals surface area (Å²) in [6.07, 6.45) is 6.35. The highest BCUT2D eigenvalue weighted by Crippen LogP contribution is 2.38. The van der Waals surface area contributed by atoms with Crippen LogP contribution >= 0.6 is 23.2 Å². The lowest BCUT2D eigenvalue weighted by atomic mass is 9.76. The standard InChI is InChI=1S/C15H21Cl2N/c1-2-10-3-5-11(6-4-10)15(18)13-8-7-12(16)9-14(13)17/h7-11,15H,2-6,18H2,1H3. The van der Waals surface area contributed by atoms with Gasteiger partial charge in [-0.3, -0.25) is 0 Å². The van der Waals surface area contributed by atoms with Gasteiger partial charge < -0.3 is 5.73 Å². The highest BCUT2D eigenvalue weighted by Gasteiger charge is 2.26. The van der Waals surface area contributed by atoms with E-state index in [0.29, 0.717) is 16.0 Å². The Morgan fingerprint density at radius 2 is 1.89 bits per heavy atom. The second-order valence-corrected chi connectivity index (χ2v) is 6.22. The Hall–Kier alpha value is -0.240. The second-order valence-electron chi connectivity index (χ2n) is 5.38. The van der Waals surface area contributed by atoms with Crippen LogP contribution in [0.4, 0.5) is 0 Å². The third kappa shape index (κ3) is 3.20. The van der Waals surface area contributed by atoms with E-state index in [4.69, 9.17) is 28.9 Å². The molecule has 0 aromatic heterocycles. The predicted octanol–water partition coefficient (Wildman–Crippen LogP) is 5.21. The van der Waals surface area contributed by atoms with Crippen LogP contribution in [-0.4, -0.2) is 0 Å². The van der Waals surface area contributed by atoms with Crippen LogP contribution in [0.3, 0.4) is 0 Å². The van der Waals surface area contributed by atoms with E-state index in [1.54, 1.807) is 6.07 Å². The zero-order valence-electron chi connectivity index (χ0n) is 10.8. The van der Waals surface area contributed by atoms with Gasteiger partial charge in [0.05, 0.1) is 0 Å². The molecule has 1 aromatic carbocycles. The van der Waals surface area contributed by atoms with Crippen LogP contribution in [0.15, 0.2) is 18.2 Å². The SMILES string of the molecule is CCC1CCC(C(N)c2ccc(Cl)cc2Cl)CC1. The summed E-state index contributed by atoms with van der Waals surface area (Å²) in [6.45, 7) is 2.28. The molecule has 0 bridgehead atoms. The molecule has 1 saturated carbocycles. The van der Waals surface area contributed by atoms with Crippen LogP contribution in [0.1, 0.15) is 50.6 Å². The summed E-state index contributed by atoms with van der Waals surface area (Å²) < 4.78 is 0. The van der Waals surface area contributed by atoms with Crippen LogP contribution in [0.2, 0.25) is 10.0 Å². The number of hydrogen-bond acceptors (Lipinski definition) is 1. The molecule has 1 nitrogen and oxygen atoms in total. The monoisotopic (exact) mass is 285 g/mol. The Balaban J connectivity index is 2.05. The van der Waals surface area contributed by atoms with Crippen molar-refractivity contribution in [2.45, 2.75) is 45.1 Å². The Morgan fingerprint density at radius 1 is 1.22 bits per heavy atom. The first kappa shape index (κ1) is 14.2. The molecule has 1 aromatic rings. The molecule has 1 fully saturated rings. The molecule has 0 amide bonds. The summed E-state index contributed by atoms with van der Waals surface area (Å²) in [6, 6.07) is 5.69. The largest absolute Gasteiger partial charge is 0.324 e. The van der Waals surface area contributed by atoms with Gasteiger partial charge >= 0.3 is 0 Å². The Kier molecular flexibility index (Phi) is 4.94. The van der Waals surface area contributed by atoms with Gasteiger partial charge in [-0.2, -0.15) is 0 Å². The molecule has 0 aliphatic heterocycles. The molecule has 18 heavy (non-hydrogen) atoms. The van der Waals surface area contributed by atoms with E-state index in [0.717, 1.165) is 11.5 Å². The fourth-order valence-electron chi connectivity index (χ4n) is 2.98. The first-order valence-electron chi connectivity index (χ1n) is 6.82. The molecular weight excluding hydrogens is 265 g/mol. The number of rotatable bonds is 3. The molecule has 0 spiro atoms. The average Bonchev–Trinajstić information content (AvgIpc) is 2.38. The fourth-order valence-corrected chi connectivity index (χ4v) is 3.52. The van der Waals surface area contributed by atoms with Crippen molar-refractivity contribution in [3.63, 3.8) is 0 Å². The van der Waals surface area contributed by atoms with Crippen molar-refractivity contribution in [3.8, 4) is 0 Å². The average molecular weight is 286 g/mol. The highest BCUT2D eigenvalue weighted by molar-refractivity contribution is 6.35. The molecule has 0 radical (unpaired) electrons. The van der Waals surface area contributed by atoms with Gasteiger partial charge in [0, 0.05) is 16.1 Å². The molecular formula is C15H21Cl2N. The summed E-state index contributed by atoms with van der Waals surface area (Å²) in [5.74, 6) is 1.46. The summed E-state index contributed by atoms with van der Waals surface area (Å²) >= 11 is 12.2. The minimum atomic E-state index is 0.0487. The topological polar surface area (TPSA) is 26.0 Å². The fraction of sp³-hybridized carbons (Fsp3) is 0.600. The molecule has 3 heteroatoms. The lowest BCUT2D eigenvalue weighted by Gasteiger charge is -2.32. The maximum atomic E-state index is 6.38. The molecule has 1 aliphatic rings. The minimum absolute atomic E-state index is 0.0487. The normalized spacial score (nSPS) is 26.0. The quantitative estimate of drug-likeness (QED) is 0.811. The van der Waals surface area contributed by atoms with Crippen LogP contribution in [0, 0.1) is 11.8 Å². The highest BCUT2D eigenvalue weighted by atomic mass is 35.5. The summed E-state index contributed by atoms with van der Waals surface area (Å²) in [5, 5.41) is 1.37. The molecule has 0 saturated heterocycles. The van der Waals surface area contributed by atoms with Gasteiger partial charge in [0.2, 0.25) is 0 Å². The van der Waals surface area contributed by atoms with Crippen LogP contribution in [0.25, 0.3) is 0 Å². The van der Waals surface area contributed by atoms with Crippen molar-refractivity contribution in [1.82, 2.24) is 0 Å². The van der Waals surface area contributed by atoms with Crippen molar-refractivity contribution < 1.29 is 0 Å². The Labute approximate surface area is 120 Å². The number of nitrogens with two attached hydrogens (primary N) is 1. The zero-order valence-corrected chi connectivity index (χ0v) is 12.3. The van der Waals surface area contributed by atoms with Crippen molar-refractivity contribution in [2.75, 3.05) is 0 Å². The van der Waals surface area contributed by atoms with E-state index in [1.165, 1.54) is 32.1 Å². The number of hydrogen-bond donors (Lipinski definition) is 1. The summed E-state index contributed by atoms with van der Waals surface area (Å²) in [5.41, 5.74) is 7.42. The molecule has 0 heterocycles. The van der Waals surface area contributed by atoms with Gasteiger partial charge in [0.1, 0.15) is 0 Å². The van der Waals surface area contributed by atoms with E-state index in [1.807, 2.05) is 12.1 Å². The number of benzene rings is 1. The van der Waals surface area contributed by atoms with E-state index < -0.39 is 0 Å². The summed E-state index contributed by atoms with van der Waals surface area (Å²) in [7, 11) is 0. The second kappa shape index (κ2) is 6.27. The lowest BCUT2D eigenvalue weighted by molar-refractivity contribution is 0.240. The van der Waals surface area contributed by atoms with Gasteiger partial charge in [0.25, 0.3) is 0 Å². The maximum Gasteiger partial charge on any atom is 0.0468 e. The van der Waals surface area contributed by atoms with Crippen molar-refractivity contribution in [2.24, 2.45) is 17.6 Å². The predicted molar refractivity (Wildman–Crippen MR) is 79.1 cm³/mol. The molecule has 1 aliphatic carbocycles. The molecule has 1 atom stereocenters. The minimum Gasteiger partial charge on any atom is -0.324 e. The van der Waals surface area contributed by atoms with E-state index >= 15 is 0 Å². The van der Waals surface area contributed by atoms with Gasteiger partial charge in [-0.25, -0.2) is 0 Å². The molecule has 100 valence electrons. The number of halogens is 2. The maximum absolute atomic E-state index is 6.38. The lowest BCUT2D eigenvalue weighted by Crippen LogP contribution is -2.26. The van der Waals surface area contributed by atoms with Gasteiger partial charge in [-0.1, -0.05) is 55.5 Å². The van der Waals surface area contributed by atoms with Gasteiger partial charge in [-0.15, -0.1) is 0 Å². The van der Waals surface area contributed by atoms with Gasteiger partial charge in [-0.05, 0) is 42.4 Å². The van der Waals surface area contributed by atoms with Gasteiger partial charge in [0.15, 0.2) is 0 Å². The third-order valence-electron chi connectivity index (χ3n) is 4.30. The first-order valence-corrected chi connectivity index (χ1v) is 7.58. The van der Waals surface area contributed by atoms with Crippen LogP contribution in [-0.2, 0) is 0 Å². The zero-order chi connectivity index (χ0) is 13.1. The van der Waals surface area contributed by atoms with Crippen LogP contribution < -0.4 is 5.73 Å². The molecule has 2 N–H and O–H groups in total. The van der Waals surface area contributed by atoms with Crippen molar-refractivity contribution in [1.29, 1.82) is 0 Å². The van der Waals surface area contributed by atoms with E-state index in [-0.39, 0.29) is 6.04 Å². The molecule has 2 rings (SSSR count). The van der Waals surface area contributed by atoms with Crippen molar-refractivity contribution in [3.05, 3.63) is 33.8 Å².